The van der Waals surface area contributed by atoms with Gasteiger partial charge in [0.15, 0.2) is 17.5 Å². The van der Waals surface area contributed by atoms with E-state index in [2.05, 4.69) is 5.32 Å². The van der Waals surface area contributed by atoms with E-state index in [1.807, 2.05) is 0 Å². The molecule has 0 radical (unpaired) electrons. The van der Waals surface area contributed by atoms with Crippen molar-refractivity contribution in [3.05, 3.63) is 34.3 Å². The number of hydrogen-bond donors (Lipinski definition) is 2. The fourth-order valence-corrected chi connectivity index (χ4v) is 3.83. The molecular weight excluding hydrogens is 362 g/mol. The summed E-state index contributed by atoms with van der Waals surface area (Å²) in [4.78, 5) is 49.7. The third kappa shape index (κ3) is 2.91. The topological polar surface area (TPSA) is 110 Å². The molecule has 0 aromatic heterocycles. The first-order valence-electron chi connectivity index (χ1n) is 8.27. The second-order valence-electron chi connectivity index (χ2n) is 6.61. The van der Waals surface area contributed by atoms with E-state index in [0.29, 0.717) is 36.6 Å². The Morgan fingerprint density at radius 2 is 1.96 bits per heavy atom. The fraction of sp³-hybridized carbons (Fsp3) is 0.444. The normalized spacial score (nSPS) is 22.6. The summed E-state index contributed by atoms with van der Waals surface area (Å²) in [5.41, 5.74) is -0.196. The molecular formula is C18H18ClNO6. The number of rotatable bonds is 3. The summed E-state index contributed by atoms with van der Waals surface area (Å²) in [7, 11) is 0. The third-order valence-electron chi connectivity index (χ3n) is 5.10. The minimum absolute atomic E-state index is 0.238. The first kappa shape index (κ1) is 18.5. The molecule has 7 nitrogen and oxygen atoms in total. The van der Waals surface area contributed by atoms with Crippen molar-refractivity contribution in [2.24, 2.45) is 5.92 Å². The van der Waals surface area contributed by atoms with Crippen LogP contribution in [0.1, 0.15) is 35.7 Å². The Hall–Kier alpha value is -2.25. The number of Topliss-reactive ketones (excluding diaryl/α,β-unsaturated/α-hetero) is 2. The number of ether oxygens (including phenoxy) is 1. The number of carboxylic acid groups (broad SMARTS) is 1. The van der Waals surface area contributed by atoms with Crippen LogP contribution >= 0.6 is 11.6 Å². The summed E-state index contributed by atoms with van der Waals surface area (Å²) in [5.74, 6) is -4.89. The second kappa shape index (κ2) is 6.81. The van der Waals surface area contributed by atoms with Gasteiger partial charge in [-0.25, -0.2) is 0 Å². The van der Waals surface area contributed by atoms with Crippen molar-refractivity contribution in [3.63, 3.8) is 0 Å². The van der Waals surface area contributed by atoms with E-state index in [4.69, 9.17) is 21.4 Å². The molecule has 3 rings (SSSR count). The molecule has 1 heterocycles. The molecule has 0 bridgehead atoms. The molecule has 26 heavy (non-hydrogen) atoms. The van der Waals surface area contributed by atoms with E-state index in [-0.39, 0.29) is 5.56 Å². The van der Waals surface area contributed by atoms with Crippen LogP contribution in [0.25, 0.3) is 0 Å². The number of ketones is 2. The van der Waals surface area contributed by atoms with E-state index in [9.17, 15) is 19.2 Å². The molecule has 138 valence electrons. The highest BCUT2D eigenvalue weighted by atomic mass is 35.5. The lowest BCUT2D eigenvalue weighted by Crippen LogP contribution is -2.56. The Morgan fingerprint density at radius 1 is 1.31 bits per heavy atom. The van der Waals surface area contributed by atoms with E-state index in [1.54, 1.807) is 12.1 Å². The van der Waals surface area contributed by atoms with Crippen molar-refractivity contribution in [1.29, 1.82) is 0 Å². The number of benzene rings is 1. The van der Waals surface area contributed by atoms with Gasteiger partial charge in [-0.05, 0) is 37.5 Å². The van der Waals surface area contributed by atoms with Crippen molar-refractivity contribution in [3.8, 4) is 0 Å². The molecule has 1 aromatic carbocycles. The minimum Gasteiger partial charge on any atom is -0.480 e. The molecule has 0 saturated carbocycles. The number of carbonyl (C=O) groups excluding carboxylic acids is 3. The number of aliphatic carboxylic acids is 1. The van der Waals surface area contributed by atoms with Gasteiger partial charge in [-0.1, -0.05) is 17.7 Å². The van der Waals surface area contributed by atoms with Gasteiger partial charge in [0.25, 0.3) is 0 Å². The highest BCUT2D eigenvalue weighted by Crippen LogP contribution is 2.44. The van der Waals surface area contributed by atoms with Gasteiger partial charge >= 0.3 is 5.97 Å². The van der Waals surface area contributed by atoms with E-state index >= 15 is 0 Å². The minimum atomic E-state index is -1.58. The number of halogens is 1. The van der Waals surface area contributed by atoms with E-state index < -0.39 is 40.8 Å². The van der Waals surface area contributed by atoms with Gasteiger partial charge < -0.3 is 15.2 Å². The van der Waals surface area contributed by atoms with E-state index in [0.717, 1.165) is 0 Å². The van der Waals surface area contributed by atoms with Crippen LogP contribution in [0.4, 0.5) is 0 Å². The third-order valence-corrected chi connectivity index (χ3v) is 5.33. The first-order chi connectivity index (χ1) is 12.3. The SMILES string of the molecule is C[C@H](NC(=O)C1C(=O)c2cc(Cl)ccc2C2(CCOCC2)C1=O)C(=O)O. The van der Waals surface area contributed by atoms with Crippen LogP contribution in [0.5, 0.6) is 0 Å². The monoisotopic (exact) mass is 379 g/mol. The summed E-state index contributed by atoms with van der Waals surface area (Å²) < 4.78 is 5.36. The average Bonchev–Trinajstić information content (AvgIpc) is 2.61. The largest absolute Gasteiger partial charge is 0.480 e. The average molecular weight is 380 g/mol. The number of carboxylic acids is 1. The maximum Gasteiger partial charge on any atom is 0.325 e. The zero-order valence-electron chi connectivity index (χ0n) is 14.1. The van der Waals surface area contributed by atoms with Crippen LogP contribution in [-0.4, -0.2) is 47.8 Å². The molecule has 2 N–H and O–H groups in total. The number of hydrogen-bond acceptors (Lipinski definition) is 5. The second-order valence-corrected chi connectivity index (χ2v) is 7.05. The molecule has 1 spiro atoms. The lowest BCUT2D eigenvalue weighted by atomic mass is 9.61. The van der Waals surface area contributed by atoms with Crippen molar-refractivity contribution >= 4 is 35.0 Å². The Bertz CT molecular complexity index is 799. The summed E-state index contributed by atoms with van der Waals surface area (Å²) in [6.45, 7) is 1.94. The molecule has 1 fully saturated rings. The Kier molecular flexibility index (Phi) is 4.86. The van der Waals surface area contributed by atoms with Crippen molar-refractivity contribution in [2.75, 3.05) is 13.2 Å². The summed E-state index contributed by atoms with van der Waals surface area (Å²) in [6, 6.07) is 3.52. The van der Waals surface area contributed by atoms with Gasteiger partial charge in [0, 0.05) is 23.8 Å². The highest BCUT2D eigenvalue weighted by Gasteiger charge is 2.54. The van der Waals surface area contributed by atoms with Crippen LogP contribution in [0.15, 0.2) is 18.2 Å². The number of fused-ring (bicyclic) bond motifs is 2. The van der Waals surface area contributed by atoms with Crippen LogP contribution in [0.3, 0.4) is 0 Å². The fourth-order valence-electron chi connectivity index (χ4n) is 3.65. The summed E-state index contributed by atoms with van der Waals surface area (Å²) >= 11 is 6.02. The van der Waals surface area contributed by atoms with Crippen LogP contribution in [-0.2, 0) is 24.5 Å². The lowest BCUT2D eigenvalue weighted by Gasteiger charge is -2.42. The van der Waals surface area contributed by atoms with Crippen LogP contribution < -0.4 is 5.32 Å². The predicted molar refractivity (Wildman–Crippen MR) is 91.3 cm³/mol. The number of carbonyl (C=O) groups is 4. The molecule has 2 aliphatic rings. The number of amides is 1. The maximum atomic E-state index is 13.2. The van der Waals surface area contributed by atoms with Gasteiger partial charge in [-0.2, -0.15) is 0 Å². The Morgan fingerprint density at radius 3 is 2.58 bits per heavy atom. The standard InChI is InChI=1S/C18H18ClNO6/c1-9(17(24)25)20-16(23)13-14(21)11-8-10(19)2-3-12(11)18(15(13)22)4-6-26-7-5-18/h2-3,8-9,13H,4-7H2,1H3,(H,20,23)(H,24,25)/t9-,13?/m0/s1. The van der Waals surface area contributed by atoms with Gasteiger partial charge in [-0.3, -0.25) is 19.2 Å². The highest BCUT2D eigenvalue weighted by molar-refractivity contribution is 6.33. The maximum absolute atomic E-state index is 13.2. The zero-order valence-corrected chi connectivity index (χ0v) is 14.8. The van der Waals surface area contributed by atoms with Crippen LogP contribution in [0, 0.1) is 5.92 Å². The van der Waals surface area contributed by atoms with Crippen molar-refractivity contribution < 1.29 is 29.0 Å². The van der Waals surface area contributed by atoms with E-state index in [1.165, 1.54) is 13.0 Å². The molecule has 2 atom stereocenters. The Labute approximate surface area is 154 Å². The van der Waals surface area contributed by atoms with Crippen molar-refractivity contribution in [2.45, 2.75) is 31.2 Å². The van der Waals surface area contributed by atoms with Gasteiger partial charge in [0.2, 0.25) is 5.91 Å². The molecule has 8 heteroatoms. The molecule has 1 amide bonds. The Balaban J connectivity index is 2.07. The molecule has 1 aromatic rings. The molecule has 1 aliphatic carbocycles. The summed E-state index contributed by atoms with van der Waals surface area (Å²) in [6.07, 6.45) is 0.706. The molecule has 1 aliphatic heterocycles. The van der Waals surface area contributed by atoms with Gasteiger partial charge in [0.05, 0.1) is 5.41 Å². The number of nitrogens with one attached hydrogen (secondary N) is 1. The predicted octanol–water partition coefficient (Wildman–Crippen LogP) is 1.36. The molecule has 1 saturated heterocycles. The first-order valence-corrected chi connectivity index (χ1v) is 8.65. The van der Waals surface area contributed by atoms with Gasteiger partial charge in [0.1, 0.15) is 6.04 Å². The van der Waals surface area contributed by atoms with Crippen molar-refractivity contribution in [1.82, 2.24) is 5.32 Å². The zero-order chi connectivity index (χ0) is 19.1. The van der Waals surface area contributed by atoms with Crippen LogP contribution in [0.2, 0.25) is 5.02 Å². The quantitative estimate of drug-likeness (QED) is 0.767. The van der Waals surface area contributed by atoms with Gasteiger partial charge in [-0.15, -0.1) is 0 Å². The smallest absolute Gasteiger partial charge is 0.325 e. The molecule has 1 unspecified atom stereocenters. The lowest BCUT2D eigenvalue weighted by molar-refractivity contribution is -0.144. The summed E-state index contributed by atoms with van der Waals surface area (Å²) in [5, 5.41) is 11.5.